The predicted octanol–water partition coefficient (Wildman–Crippen LogP) is 4.26. The van der Waals surface area contributed by atoms with E-state index in [2.05, 4.69) is 73.1 Å². The Labute approximate surface area is 108 Å². The van der Waals surface area contributed by atoms with Crippen LogP contribution in [0.15, 0.2) is 54.7 Å². The molecule has 1 aromatic carbocycles. The van der Waals surface area contributed by atoms with Crippen molar-refractivity contribution in [3.8, 4) is 11.3 Å². The van der Waals surface area contributed by atoms with E-state index in [0.717, 1.165) is 6.54 Å². The number of benzene rings is 1. The van der Waals surface area contributed by atoms with Gasteiger partial charge >= 0.3 is 0 Å². The van der Waals surface area contributed by atoms with Crippen molar-refractivity contribution in [2.45, 2.75) is 20.4 Å². The quantitative estimate of drug-likeness (QED) is 0.625. The molecule has 0 aromatic heterocycles. The molecule has 0 spiro atoms. The van der Waals surface area contributed by atoms with E-state index in [1.165, 1.54) is 27.9 Å². The van der Waals surface area contributed by atoms with Crippen molar-refractivity contribution < 1.29 is 0 Å². The van der Waals surface area contributed by atoms with E-state index >= 15 is 0 Å². The minimum Gasteiger partial charge on any atom is -0.343 e. The predicted molar refractivity (Wildman–Crippen MR) is 76.1 cm³/mol. The second kappa shape index (κ2) is 4.34. The lowest BCUT2D eigenvalue weighted by molar-refractivity contribution is 0.801. The average molecular weight is 235 g/mol. The van der Waals surface area contributed by atoms with Crippen molar-refractivity contribution in [2.75, 3.05) is 0 Å². The Morgan fingerprint density at radius 3 is 2.50 bits per heavy atom. The molecule has 2 aliphatic rings. The van der Waals surface area contributed by atoms with Gasteiger partial charge in [-0.25, -0.2) is 0 Å². The smallest absolute Gasteiger partial charge is 0.0488 e. The van der Waals surface area contributed by atoms with Crippen LogP contribution in [-0.2, 0) is 6.54 Å². The molecule has 1 nitrogen and oxygen atoms in total. The first-order valence-electron chi connectivity index (χ1n) is 6.34. The molecule has 1 heterocycles. The third-order valence-corrected chi connectivity index (χ3v) is 3.66. The minimum absolute atomic E-state index is 0.932. The van der Waals surface area contributed by atoms with Gasteiger partial charge in [0.15, 0.2) is 0 Å². The van der Waals surface area contributed by atoms with Gasteiger partial charge in [-0.15, -0.1) is 0 Å². The van der Waals surface area contributed by atoms with Crippen LogP contribution >= 0.6 is 0 Å². The van der Waals surface area contributed by atoms with Crippen molar-refractivity contribution in [3.05, 3.63) is 71.4 Å². The Morgan fingerprint density at radius 2 is 1.72 bits per heavy atom. The molecule has 1 aromatic rings. The maximum Gasteiger partial charge on any atom is 0.0488 e. The summed E-state index contributed by atoms with van der Waals surface area (Å²) in [5.74, 6) is 0. The number of fused-ring (bicyclic) bond motifs is 1. The summed E-state index contributed by atoms with van der Waals surface area (Å²) in [6, 6.07) is 17.2. The molecule has 0 saturated carbocycles. The normalized spacial score (nSPS) is 11.0. The number of aromatic nitrogens is 1. The van der Waals surface area contributed by atoms with Crippen molar-refractivity contribution in [1.29, 1.82) is 0 Å². The number of rotatable bonds is 2. The summed E-state index contributed by atoms with van der Waals surface area (Å²) in [6.45, 7) is 5.31. The fourth-order valence-corrected chi connectivity index (χ4v) is 2.49. The molecule has 0 bridgehead atoms. The Bertz CT molecular complexity index is 634. The van der Waals surface area contributed by atoms with Crippen molar-refractivity contribution in [3.63, 3.8) is 0 Å². The zero-order chi connectivity index (χ0) is 12.5. The first-order chi connectivity index (χ1) is 8.75. The van der Waals surface area contributed by atoms with Crippen molar-refractivity contribution >= 4 is 0 Å². The lowest BCUT2D eigenvalue weighted by atomic mass is 10.1. The summed E-state index contributed by atoms with van der Waals surface area (Å²) >= 11 is 0. The fourth-order valence-electron chi connectivity index (χ4n) is 2.49. The largest absolute Gasteiger partial charge is 0.343 e. The number of hydrogen-bond acceptors (Lipinski definition) is 0. The van der Waals surface area contributed by atoms with Gasteiger partial charge in [0.1, 0.15) is 0 Å². The van der Waals surface area contributed by atoms with Gasteiger partial charge in [-0.1, -0.05) is 36.4 Å². The summed E-state index contributed by atoms with van der Waals surface area (Å²) in [4.78, 5) is 0. The van der Waals surface area contributed by atoms with Gasteiger partial charge in [0.25, 0.3) is 0 Å². The van der Waals surface area contributed by atoms with Gasteiger partial charge in [0.2, 0.25) is 0 Å². The third-order valence-electron chi connectivity index (χ3n) is 3.66. The molecule has 18 heavy (non-hydrogen) atoms. The molecule has 0 amide bonds. The lowest BCUT2D eigenvalue weighted by Crippen LogP contribution is -2.03. The highest BCUT2D eigenvalue weighted by atomic mass is 15.0. The van der Waals surface area contributed by atoms with Crippen LogP contribution in [0.25, 0.3) is 11.3 Å². The van der Waals surface area contributed by atoms with E-state index in [1.807, 2.05) is 0 Å². The zero-order valence-corrected chi connectivity index (χ0v) is 10.9. The maximum atomic E-state index is 2.32. The van der Waals surface area contributed by atoms with Gasteiger partial charge in [-0.05, 0) is 42.7 Å². The van der Waals surface area contributed by atoms with Crippen LogP contribution in [-0.4, -0.2) is 4.57 Å². The van der Waals surface area contributed by atoms with Crippen LogP contribution in [0.3, 0.4) is 0 Å². The minimum atomic E-state index is 0.932. The van der Waals surface area contributed by atoms with Crippen LogP contribution < -0.4 is 0 Å². The van der Waals surface area contributed by atoms with E-state index in [4.69, 9.17) is 0 Å². The summed E-state index contributed by atoms with van der Waals surface area (Å²) in [5, 5.41) is 0. The highest BCUT2D eigenvalue weighted by molar-refractivity contribution is 5.70. The summed E-state index contributed by atoms with van der Waals surface area (Å²) < 4.78 is 2.32. The summed E-state index contributed by atoms with van der Waals surface area (Å²) in [7, 11) is 0. The van der Waals surface area contributed by atoms with E-state index in [9.17, 15) is 0 Å². The zero-order valence-electron chi connectivity index (χ0n) is 10.9. The highest BCUT2D eigenvalue weighted by Crippen LogP contribution is 2.30. The Hall–Kier alpha value is -2.02. The van der Waals surface area contributed by atoms with Gasteiger partial charge in [0.05, 0.1) is 0 Å². The highest BCUT2D eigenvalue weighted by Gasteiger charge is 2.12. The van der Waals surface area contributed by atoms with Crippen molar-refractivity contribution in [2.24, 2.45) is 0 Å². The van der Waals surface area contributed by atoms with Crippen LogP contribution in [0, 0.1) is 13.8 Å². The van der Waals surface area contributed by atoms with Crippen LogP contribution in [0.2, 0.25) is 0 Å². The van der Waals surface area contributed by atoms with E-state index in [0.29, 0.717) is 0 Å². The molecule has 0 radical (unpaired) electrons. The Morgan fingerprint density at radius 1 is 0.944 bits per heavy atom. The number of pyridine rings is 1. The Kier molecular flexibility index (Phi) is 2.67. The molecular formula is C17H17N. The second-order valence-corrected chi connectivity index (χ2v) is 4.87. The molecule has 0 N–H and O–H groups in total. The molecule has 1 aliphatic carbocycles. The fraction of sp³-hybridized carbons (Fsp3) is 0.176. The van der Waals surface area contributed by atoms with E-state index in [1.54, 1.807) is 0 Å². The molecule has 0 fully saturated rings. The van der Waals surface area contributed by atoms with Gasteiger partial charge in [0, 0.05) is 24.0 Å². The molecule has 3 rings (SSSR count). The van der Waals surface area contributed by atoms with Gasteiger partial charge in [-0.3, -0.25) is 0 Å². The first kappa shape index (κ1) is 11.1. The second-order valence-electron chi connectivity index (χ2n) is 4.87. The molecular weight excluding hydrogens is 218 g/mol. The lowest BCUT2D eigenvalue weighted by Gasteiger charge is -2.13. The number of nitrogens with zero attached hydrogens (tertiary/aromatic N) is 1. The third kappa shape index (κ3) is 1.82. The van der Waals surface area contributed by atoms with Crippen LogP contribution in [0.4, 0.5) is 0 Å². The molecule has 1 heteroatoms. The molecule has 0 saturated heterocycles. The van der Waals surface area contributed by atoms with Crippen LogP contribution in [0.1, 0.15) is 16.7 Å². The maximum absolute atomic E-state index is 2.32. The topological polar surface area (TPSA) is 4.93 Å². The Balaban J connectivity index is 2.05. The van der Waals surface area contributed by atoms with Crippen molar-refractivity contribution in [1.82, 2.24) is 4.57 Å². The first-order valence-corrected chi connectivity index (χ1v) is 6.34. The SMILES string of the molecule is Cc1cc2n(Cc3ccccc3)cccc-2c1C. The number of aryl methyl sites for hydroxylation is 1. The van der Waals surface area contributed by atoms with Gasteiger partial charge in [-0.2, -0.15) is 0 Å². The van der Waals surface area contributed by atoms with Crippen LogP contribution in [0.5, 0.6) is 0 Å². The molecule has 90 valence electrons. The summed E-state index contributed by atoms with van der Waals surface area (Å²) in [6.07, 6.45) is 2.16. The average Bonchev–Trinajstić information content (AvgIpc) is 2.69. The molecule has 1 aliphatic heterocycles. The number of hydrogen-bond donors (Lipinski definition) is 0. The van der Waals surface area contributed by atoms with E-state index in [-0.39, 0.29) is 0 Å². The monoisotopic (exact) mass is 235 g/mol. The molecule has 0 unspecified atom stereocenters. The van der Waals surface area contributed by atoms with Gasteiger partial charge < -0.3 is 4.57 Å². The van der Waals surface area contributed by atoms with E-state index < -0.39 is 0 Å². The molecule has 0 atom stereocenters. The standard InChI is InChI=1S/C17H17N/c1-13-11-17-16(14(13)2)9-6-10-18(17)12-15-7-4-3-5-8-15/h3-11H,12H2,1-2H3. The summed E-state index contributed by atoms with van der Waals surface area (Å²) in [5.41, 5.74) is 6.80.